The molecule has 1 heterocycles. The van der Waals surface area contributed by atoms with Crippen molar-refractivity contribution >= 4 is 11.9 Å². The Balaban J connectivity index is 1.80. The molecule has 5 nitrogen and oxygen atoms in total. The number of ether oxygens (including phenoxy) is 1. The van der Waals surface area contributed by atoms with Gasteiger partial charge in [-0.15, -0.1) is 0 Å². The van der Waals surface area contributed by atoms with E-state index in [4.69, 9.17) is 4.74 Å². The first kappa shape index (κ1) is 21.4. The van der Waals surface area contributed by atoms with Crippen LogP contribution in [0.2, 0.25) is 0 Å². The number of hydrogen-bond donors (Lipinski definition) is 1. The first-order valence-electron chi connectivity index (χ1n) is 11.5. The fraction of sp³-hybridized carbons (Fsp3) is 0.680. The number of hydrogen-bond acceptors (Lipinski definition) is 3. The van der Waals surface area contributed by atoms with Crippen molar-refractivity contribution < 1.29 is 14.3 Å². The van der Waals surface area contributed by atoms with Gasteiger partial charge in [0.25, 0.3) is 5.91 Å². The molecule has 1 N–H and O–H groups in total. The molecule has 0 aromatic heterocycles. The Bertz CT molecular complexity index is 839. The van der Waals surface area contributed by atoms with Gasteiger partial charge in [-0.3, -0.25) is 9.69 Å². The van der Waals surface area contributed by atoms with E-state index in [0.29, 0.717) is 5.92 Å². The van der Waals surface area contributed by atoms with Gasteiger partial charge in [-0.1, -0.05) is 32.0 Å². The third-order valence-corrected chi connectivity index (χ3v) is 7.71. The zero-order valence-electron chi connectivity index (χ0n) is 19.1. The van der Waals surface area contributed by atoms with E-state index in [-0.39, 0.29) is 29.5 Å². The third kappa shape index (κ3) is 3.08. The van der Waals surface area contributed by atoms with E-state index in [0.717, 1.165) is 50.5 Å². The molecule has 2 aliphatic carbocycles. The topological polar surface area (TPSA) is 58.6 Å². The molecule has 164 valence electrons. The number of urea groups is 1. The van der Waals surface area contributed by atoms with Gasteiger partial charge < -0.3 is 10.1 Å². The zero-order chi connectivity index (χ0) is 21.7. The monoisotopic (exact) mass is 412 g/mol. The average molecular weight is 413 g/mol. The third-order valence-electron chi connectivity index (χ3n) is 7.71. The number of rotatable bonds is 5. The van der Waals surface area contributed by atoms with E-state index >= 15 is 0 Å². The molecule has 4 rings (SSSR count). The predicted molar refractivity (Wildman–Crippen MR) is 117 cm³/mol. The summed E-state index contributed by atoms with van der Waals surface area (Å²) in [6.45, 7) is 8.30. The highest BCUT2D eigenvalue weighted by Gasteiger charge is 2.68. The Morgan fingerprint density at radius 1 is 1.17 bits per heavy atom. The largest absolute Gasteiger partial charge is 0.381 e. The molecule has 0 radical (unpaired) electrons. The quantitative estimate of drug-likeness (QED) is 0.721. The molecular weight excluding hydrogens is 376 g/mol. The second-order valence-corrected chi connectivity index (χ2v) is 10.3. The lowest BCUT2D eigenvalue weighted by Gasteiger charge is -2.46. The smallest absolute Gasteiger partial charge is 0.325 e. The summed E-state index contributed by atoms with van der Waals surface area (Å²) in [5, 5.41) is 3.25. The van der Waals surface area contributed by atoms with Crippen molar-refractivity contribution in [2.24, 2.45) is 11.3 Å². The Labute approximate surface area is 180 Å². The van der Waals surface area contributed by atoms with Crippen LogP contribution in [0.5, 0.6) is 0 Å². The van der Waals surface area contributed by atoms with Crippen LogP contribution in [0.1, 0.15) is 76.5 Å². The summed E-state index contributed by atoms with van der Waals surface area (Å²) >= 11 is 0. The number of imide groups is 1. The SMILES string of the molecule is CO[C@H]1CC[C@]2(CC1)Cc1ccc(CCC(C)C)cc1C21NC(=O)N(C(C)C)C1=O. The van der Waals surface area contributed by atoms with Crippen molar-refractivity contribution in [3.63, 3.8) is 0 Å². The second kappa shape index (κ2) is 7.67. The number of amides is 3. The molecular formula is C25H36N2O3. The summed E-state index contributed by atoms with van der Waals surface area (Å²) in [7, 11) is 1.77. The van der Waals surface area contributed by atoms with Gasteiger partial charge in [0, 0.05) is 18.6 Å². The van der Waals surface area contributed by atoms with Crippen LogP contribution in [0.15, 0.2) is 18.2 Å². The molecule has 1 aliphatic heterocycles. The number of aryl methyl sites for hydroxylation is 1. The summed E-state index contributed by atoms with van der Waals surface area (Å²) < 4.78 is 5.62. The molecule has 3 amide bonds. The fourth-order valence-electron chi connectivity index (χ4n) is 6.01. The number of nitrogens with one attached hydrogen (secondary N) is 1. The van der Waals surface area contributed by atoms with Crippen molar-refractivity contribution in [3.05, 3.63) is 34.9 Å². The summed E-state index contributed by atoms with van der Waals surface area (Å²) in [6, 6.07) is 6.25. The maximum absolute atomic E-state index is 14.0. The van der Waals surface area contributed by atoms with Crippen molar-refractivity contribution in [2.75, 3.05) is 7.11 Å². The summed E-state index contributed by atoms with van der Waals surface area (Å²) in [5.41, 5.74) is 2.32. The molecule has 1 unspecified atom stereocenters. The lowest BCUT2D eigenvalue weighted by molar-refractivity contribution is -0.139. The number of benzene rings is 1. The number of carbonyl (C=O) groups excluding carboxylic acids is 2. The van der Waals surface area contributed by atoms with Crippen LogP contribution < -0.4 is 5.32 Å². The minimum atomic E-state index is -0.934. The number of carbonyl (C=O) groups is 2. The summed E-state index contributed by atoms with van der Waals surface area (Å²) in [6.07, 6.45) is 6.83. The molecule has 1 saturated heterocycles. The Morgan fingerprint density at radius 3 is 2.43 bits per heavy atom. The minimum Gasteiger partial charge on any atom is -0.381 e. The van der Waals surface area contributed by atoms with Gasteiger partial charge in [-0.25, -0.2) is 4.79 Å². The maximum Gasteiger partial charge on any atom is 0.325 e. The summed E-state index contributed by atoms with van der Waals surface area (Å²) in [5.74, 6) is 0.574. The maximum atomic E-state index is 14.0. The van der Waals surface area contributed by atoms with E-state index in [9.17, 15) is 9.59 Å². The van der Waals surface area contributed by atoms with Crippen molar-refractivity contribution in [1.29, 1.82) is 0 Å². The minimum absolute atomic E-state index is 0.0573. The van der Waals surface area contributed by atoms with Gasteiger partial charge in [-0.2, -0.15) is 0 Å². The van der Waals surface area contributed by atoms with Crippen LogP contribution in [-0.2, 0) is 27.9 Å². The molecule has 3 aliphatic rings. The van der Waals surface area contributed by atoms with Gasteiger partial charge >= 0.3 is 6.03 Å². The average Bonchev–Trinajstić information content (AvgIpc) is 3.13. The highest BCUT2D eigenvalue weighted by atomic mass is 16.5. The molecule has 2 spiro atoms. The van der Waals surface area contributed by atoms with E-state index in [1.54, 1.807) is 7.11 Å². The van der Waals surface area contributed by atoms with E-state index in [1.165, 1.54) is 16.0 Å². The Hall–Kier alpha value is -1.88. The lowest BCUT2D eigenvalue weighted by Crippen LogP contribution is -2.57. The Morgan fingerprint density at radius 2 is 1.87 bits per heavy atom. The first-order valence-corrected chi connectivity index (χ1v) is 11.5. The van der Waals surface area contributed by atoms with E-state index < -0.39 is 5.54 Å². The van der Waals surface area contributed by atoms with Crippen LogP contribution >= 0.6 is 0 Å². The van der Waals surface area contributed by atoms with E-state index in [1.807, 2.05) is 13.8 Å². The van der Waals surface area contributed by atoms with Crippen LogP contribution in [0.25, 0.3) is 0 Å². The van der Waals surface area contributed by atoms with Gasteiger partial charge in [0.05, 0.1) is 6.10 Å². The highest BCUT2D eigenvalue weighted by Crippen LogP contribution is 2.60. The van der Waals surface area contributed by atoms with Crippen molar-refractivity contribution in [3.8, 4) is 0 Å². The predicted octanol–water partition coefficient (Wildman–Crippen LogP) is 4.56. The van der Waals surface area contributed by atoms with Gasteiger partial charge in [0.15, 0.2) is 5.54 Å². The first-order chi connectivity index (χ1) is 14.2. The normalized spacial score (nSPS) is 30.8. The summed E-state index contributed by atoms with van der Waals surface area (Å²) in [4.78, 5) is 28.4. The van der Waals surface area contributed by atoms with Crippen molar-refractivity contribution in [2.45, 2.75) is 90.3 Å². The second-order valence-electron chi connectivity index (χ2n) is 10.3. The van der Waals surface area contributed by atoms with Crippen LogP contribution in [-0.4, -0.2) is 36.1 Å². The van der Waals surface area contributed by atoms with Crippen LogP contribution in [0.3, 0.4) is 0 Å². The van der Waals surface area contributed by atoms with Crippen LogP contribution in [0, 0.1) is 11.3 Å². The number of fused-ring (bicyclic) bond motifs is 3. The molecule has 2 fully saturated rings. The molecule has 0 bridgehead atoms. The highest BCUT2D eigenvalue weighted by molar-refractivity contribution is 6.09. The molecule has 1 saturated carbocycles. The van der Waals surface area contributed by atoms with Crippen LogP contribution in [0.4, 0.5) is 4.79 Å². The number of methoxy groups -OCH3 is 1. The molecule has 1 aromatic rings. The molecule has 1 atom stereocenters. The fourth-order valence-corrected chi connectivity index (χ4v) is 6.01. The van der Waals surface area contributed by atoms with Gasteiger partial charge in [0.1, 0.15) is 0 Å². The number of nitrogens with zero attached hydrogens (tertiary/aromatic N) is 1. The molecule has 1 aromatic carbocycles. The molecule has 5 heteroatoms. The van der Waals surface area contributed by atoms with Gasteiger partial charge in [0.2, 0.25) is 0 Å². The lowest BCUT2D eigenvalue weighted by atomic mass is 9.61. The Kier molecular flexibility index (Phi) is 5.46. The van der Waals surface area contributed by atoms with Crippen molar-refractivity contribution in [1.82, 2.24) is 10.2 Å². The standard InChI is InChI=1S/C25H36N2O3/c1-16(2)6-7-18-8-9-19-15-24(12-10-20(30-5)11-13-24)25(21(19)14-18)22(28)27(17(3)4)23(29)26-25/h8-9,14,16-17,20H,6-7,10-13,15H2,1-5H3,(H,26,29)/t20-,24-,25?. The molecule has 30 heavy (non-hydrogen) atoms. The van der Waals surface area contributed by atoms with E-state index in [2.05, 4.69) is 37.4 Å². The van der Waals surface area contributed by atoms with Gasteiger partial charge in [-0.05, 0) is 81.4 Å². The zero-order valence-corrected chi connectivity index (χ0v) is 19.1.